The van der Waals surface area contributed by atoms with Gasteiger partial charge in [0.15, 0.2) is 0 Å². The van der Waals surface area contributed by atoms with Gasteiger partial charge >= 0.3 is 7.82 Å². The number of thiazole rings is 1. The number of rotatable bonds is 11. The molecule has 2 aromatic rings. The number of fused-ring (bicyclic) bond motifs is 3. The Morgan fingerprint density at radius 2 is 2.12 bits per heavy atom. The van der Waals surface area contributed by atoms with Gasteiger partial charge in [-0.25, -0.2) is 9.55 Å². The molecule has 1 heterocycles. The third-order valence-corrected chi connectivity index (χ3v) is 7.92. The molecule has 1 fully saturated rings. The van der Waals surface area contributed by atoms with Crippen LogP contribution in [-0.2, 0) is 26.7 Å². The van der Waals surface area contributed by atoms with Crippen LogP contribution < -0.4 is 10.5 Å². The van der Waals surface area contributed by atoms with Gasteiger partial charge in [-0.1, -0.05) is 42.9 Å². The maximum absolute atomic E-state index is 11.1. The highest BCUT2D eigenvalue weighted by Gasteiger charge is 2.38. The molecule has 2 aliphatic rings. The molecule has 33 heavy (non-hydrogen) atoms. The molecule has 4 N–H and O–H groups in total. The summed E-state index contributed by atoms with van der Waals surface area (Å²) in [7, 11) is -4.51. The Morgan fingerprint density at radius 3 is 2.91 bits per heavy atom. The topological polar surface area (TPSA) is 124 Å². The molecule has 8 nitrogen and oxygen atoms in total. The molecular weight excluding hydrogens is 463 g/mol. The Morgan fingerprint density at radius 1 is 1.27 bits per heavy atom. The number of phosphoric acid groups is 1. The molecule has 0 amide bonds. The van der Waals surface area contributed by atoms with E-state index >= 15 is 0 Å². The van der Waals surface area contributed by atoms with Crippen LogP contribution in [0.15, 0.2) is 18.2 Å². The number of hydrogen-bond donors (Lipinski definition) is 3. The summed E-state index contributed by atoms with van der Waals surface area (Å²) in [6.07, 6.45) is 6.22. The first-order valence-electron chi connectivity index (χ1n) is 11.6. The summed E-state index contributed by atoms with van der Waals surface area (Å²) in [6.45, 7) is 3.87. The molecule has 0 aliphatic heterocycles. The average Bonchev–Trinajstić information content (AvgIpc) is 3.38. The van der Waals surface area contributed by atoms with Gasteiger partial charge in [-0.15, -0.1) is 0 Å². The fourth-order valence-corrected chi connectivity index (χ4v) is 6.11. The van der Waals surface area contributed by atoms with E-state index in [0.717, 1.165) is 44.4 Å². The first kappa shape index (κ1) is 24.8. The molecule has 0 saturated heterocycles. The molecular formula is C23H33N2O6PS. The summed E-state index contributed by atoms with van der Waals surface area (Å²) in [4.78, 5) is 23.9. The molecule has 0 bridgehead atoms. The predicted octanol–water partition coefficient (Wildman–Crippen LogP) is 4.18. The number of aryl methyl sites for hydroxylation is 2. The Kier molecular flexibility index (Phi) is 7.91. The van der Waals surface area contributed by atoms with Gasteiger partial charge in [0.1, 0.15) is 6.61 Å². The average molecular weight is 497 g/mol. The molecule has 1 aromatic heterocycles. The predicted molar refractivity (Wildman–Crippen MR) is 128 cm³/mol. The van der Waals surface area contributed by atoms with Gasteiger partial charge in [-0.2, -0.15) is 0 Å². The zero-order chi connectivity index (χ0) is 23.5. The van der Waals surface area contributed by atoms with Crippen molar-refractivity contribution in [2.24, 2.45) is 5.73 Å². The molecule has 10 heteroatoms. The highest BCUT2D eigenvalue weighted by atomic mass is 32.1. The smallest absolute Gasteiger partial charge is 0.468 e. The van der Waals surface area contributed by atoms with Gasteiger partial charge in [-0.05, 0) is 61.1 Å². The summed E-state index contributed by atoms with van der Waals surface area (Å²) in [5.41, 5.74) is 10.5. The molecule has 4 rings (SSSR count). The van der Waals surface area contributed by atoms with Crippen molar-refractivity contribution in [3.05, 3.63) is 35.0 Å². The summed E-state index contributed by atoms with van der Waals surface area (Å²) in [5.74, 6) is 0.259. The second kappa shape index (κ2) is 10.5. The Balaban J connectivity index is 1.38. The van der Waals surface area contributed by atoms with Gasteiger partial charge < -0.3 is 25.0 Å². The van der Waals surface area contributed by atoms with Gasteiger partial charge in [-0.3, -0.25) is 4.52 Å². The van der Waals surface area contributed by atoms with Crippen molar-refractivity contribution in [2.75, 3.05) is 26.4 Å². The Bertz CT molecular complexity index is 1010. The van der Waals surface area contributed by atoms with Crippen molar-refractivity contribution in [1.29, 1.82) is 0 Å². The third kappa shape index (κ3) is 6.42. The number of unbranched alkanes of at least 4 members (excludes halogenated alkanes) is 1. The van der Waals surface area contributed by atoms with Crippen LogP contribution in [-0.4, -0.2) is 46.7 Å². The molecule has 0 spiro atoms. The third-order valence-electron chi connectivity index (χ3n) is 6.41. The summed E-state index contributed by atoms with van der Waals surface area (Å²) >= 11 is 1.59. The van der Waals surface area contributed by atoms with Crippen LogP contribution >= 0.6 is 19.2 Å². The lowest BCUT2D eigenvalue weighted by atomic mass is 9.87. The fourth-order valence-electron chi connectivity index (χ4n) is 4.64. The van der Waals surface area contributed by atoms with Gasteiger partial charge in [0, 0.05) is 12.1 Å². The molecule has 1 saturated carbocycles. The monoisotopic (exact) mass is 496 g/mol. The molecule has 0 radical (unpaired) electrons. The standard InChI is InChI=1S/C23H33N2O6PS/c1-2-3-10-29-11-12-30-22-25-20-7-5-17-13-16(4-6-19(17)21(20)33-22)18-8-9-23(24,14-18)15-31-32(26,27)28/h4,6,13,18H,2-3,5,7-12,14-15,24H2,1H3,(H2,26,27,28)/t18-,23+/m0/s1. The lowest BCUT2D eigenvalue weighted by molar-refractivity contribution is 0.0979. The van der Waals surface area contributed by atoms with Crippen molar-refractivity contribution in [1.82, 2.24) is 4.98 Å². The van der Waals surface area contributed by atoms with E-state index in [9.17, 15) is 4.57 Å². The number of benzene rings is 1. The number of phosphoric ester groups is 1. The van der Waals surface area contributed by atoms with Crippen molar-refractivity contribution >= 4 is 19.2 Å². The van der Waals surface area contributed by atoms with E-state index in [0.29, 0.717) is 31.2 Å². The van der Waals surface area contributed by atoms with E-state index in [1.54, 1.807) is 11.3 Å². The SMILES string of the molecule is CCCCOCCOc1nc2c(s1)-c1ccc([C@H]3CC[C@](N)(COP(=O)(O)O)C3)cc1CC2. The van der Waals surface area contributed by atoms with Gasteiger partial charge in [0.25, 0.3) is 5.19 Å². The maximum Gasteiger partial charge on any atom is 0.469 e. The Labute approximate surface area is 198 Å². The fraction of sp³-hybridized carbons (Fsp3) is 0.609. The highest BCUT2D eigenvalue weighted by molar-refractivity contribution is 7.46. The lowest BCUT2D eigenvalue weighted by Gasteiger charge is -2.24. The number of nitrogens with two attached hydrogens (primary N) is 1. The quantitative estimate of drug-likeness (QED) is 0.313. The van der Waals surface area contributed by atoms with E-state index in [1.165, 1.54) is 21.6 Å². The maximum atomic E-state index is 11.1. The van der Waals surface area contributed by atoms with E-state index in [1.807, 2.05) is 0 Å². The largest absolute Gasteiger partial charge is 0.469 e. The second-order valence-corrected chi connectivity index (χ2v) is 11.3. The zero-order valence-electron chi connectivity index (χ0n) is 19.0. The normalized spacial score (nSPS) is 22.2. The minimum absolute atomic E-state index is 0.130. The van der Waals surface area contributed by atoms with Crippen LogP contribution in [0.5, 0.6) is 5.19 Å². The van der Waals surface area contributed by atoms with Crippen LogP contribution in [0, 0.1) is 0 Å². The molecule has 2 atom stereocenters. The molecule has 182 valence electrons. The van der Waals surface area contributed by atoms with Gasteiger partial charge in [0.2, 0.25) is 0 Å². The van der Waals surface area contributed by atoms with Crippen molar-refractivity contribution in [3.63, 3.8) is 0 Å². The van der Waals surface area contributed by atoms with Crippen LogP contribution in [0.1, 0.15) is 61.8 Å². The van der Waals surface area contributed by atoms with Crippen LogP contribution in [0.25, 0.3) is 10.4 Å². The lowest BCUT2D eigenvalue weighted by Crippen LogP contribution is -2.41. The minimum Gasteiger partial charge on any atom is -0.468 e. The summed E-state index contributed by atoms with van der Waals surface area (Å²) in [6, 6.07) is 6.58. The van der Waals surface area contributed by atoms with Crippen LogP contribution in [0.2, 0.25) is 0 Å². The summed E-state index contributed by atoms with van der Waals surface area (Å²) in [5, 5.41) is 0.699. The van der Waals surface area contributed by atoms with E-state index < -0.39 is 13.4 Å². The minimum atomic E-state index is -4.51. The molecule has 1 aromatic carbocycles. The highest BCUT2D eigenvalue weighted by Crippen LogP contribution is 2.46. The number of hydrogen-bond acceptors (Lipinski definition) is 7. The molecule has 0 unspecified atom stereocenters. The van der Waals surface area contributed by atoms with Crippen molar-refractivity contribution in [3.8, 4) is 15.6 Å². The van der Waals surface area contributed by atoms with Crippen LogP contribution in [0.4, 0.5) is 0 Å². The van der Waals surface area contributed by atoms with Crippen molar-refractivity contribution < 1.29 is 28.3 Å². The summed E-state index contributed by atoms with van der Waals surface area (Å²) < 4.78 is 27.1. The second-order valence-electron chi connectivity index (χ2n) is 9.05. The molecule has 2 aliphatic carbocycles. The first-order valence-corrected chi connectivity index (χ1v) is 13.9. The van der Waals surface area contributed by atoms with E-state index in [4.69, 9.17) is 29.5 Å². The number of aromatic nitrogens is 1. The van der Waals surface area contributed by atoms with E-state index in [2.05, 4.69) is 30.1 Å². The van der Waals surface area contributed by atoms with E-state index in [-0.39, 0.29) is 12.5 Å². The number of ether oxygens (including phenoxy) is 2. The van der Waals surface area contributed by atoms with Gasteiger partial charge in [0.05, 0.1) is 23.8 Å². The zero-order valence-corrected chi connectivity index (χ0v) is 20.7. The van der Waals surface area contributed by atoms with Crippen LogP contribution in [0.3, 0.4) is 0 Å². The first-order chi connectivity index (χ1) is 15.8. The Hall–Kier alpha value is -1.32. The number of nitrogens with zero attached hydrogens (tertiary/aromatic N) is 1. The van der Waals surface area contributed by atoms with Crippen molar-refractivity contribution in [2.45, 2.75) is 63.3 Å².